The summed E-state index contributed by atoms with van der Waals surface area (Å²) < 4.78 is 4.98. The Labute approximate surface area is 89.1 Å². The van der Waals surface area contributed by atoms with Crippen LogP contribution in [0.1, 0.15) is 27.7 Å². The van der Waals surface area contributed by atoms with Crippen molar-refractivity contribution in [1.82, 2.24) is 5.32 Å². The normalized spacial score (nSPS) is 13.6. The van der Waals surface area contributed by atoms with E-state index in [2.05, 4.69) is 5.32 Å². The fourth-order valence-corrected chi connectivity index (χ4v) is 0.768. The molecule has 0 saturated heterocycles. The van der Waals surface area contributed by atoms with Crippen LogP contribution in [0.5, 0.6) is 0 Å². The van der Waals surface area contributed by atoms with E-state index in [1.807, 2.05) is 0 Å². The third-order valence-electron chi connectivity index (χ3n) is 1.27. The van der Waals surface area contributed by atoms with Crippen molar-refractivity contribution < 1.29 is 19.4 Å². The standard InChI is InChI=1S/C10H17NO4/c1-7(5-6-8(12)13)11-9(14)15-10(2,3)4/h5-7H,1-4H3,(H,11,14)(H,12,13)/b6-5+/t7-/m1/s1. The molecule has 0 aliphatic heterocycles. The van der Waals surface area contributed by atoms with Crippen molar-refractivity contribution in [2.45, 2.75) is 39.3 Å². The summed E-state index contributed by atoms with van der Waals surface area (Å²) in [5, 5.41) is 10.8. The Balaban J connectivity index is 4.02. The lowest BCUT2D eigenvalue weighted by Crippen LogP contribution is -2.36. The quantitative estimate of drug-likeness (QED) is 0.700. The Bertz CT molecular complexity index is 265. The first kappa shape index (κ1) is 13.5. The molecule has 5 nitrogen and oxygen atoms in total. The number of carboxylic acids is 1. The number of rotatable bonds is 3. The minimum absolute atomic E-state index is 0.379. The monoisotopic (exact) mass is 215 g/mol. The summed E-state index contributed by atoms with van der Waals surface area (Å²) in [6.45, 7) is 6.92. The van der Waals surface area contributed by atoms with Crippen LogP contribution in [0, 0.1) is 0 Å². The number of amides is 1. The number of alkyl carbamates (subject to hydrolysis) is 1. The molecule has 0 aromatic heterocycles. The van der Waals surface area contributed by atoms with E-state index >= 15 is 0 Å². The van der Waals surface area contributed by atoms with E-state index in [1.54, 1.807) is 27.7 Å². The first-order chi connectivity index (χ1) is 6.70. The van der Waals surface area contributed by atoms with Crippen LogP contribution in [0.3, 0.4) is 0 Å². The second-order valence-corrected chi connectivity index (χ2v) is 4.13. The lowest BCUT2D eigenvalue weighted by molar-refractivity contribution is -0.131. The summed E-state index contributed by atoms with van der Waals surface area (Å²) in [6.07, 6.45) is 1.78. The van der Waals surface area contributed by atoms with Gasteiger partial charge in [0.2, 0.25) is 0 Å². The molecule has 0 heterocycles. The molecule has 0 fully saturated rings. The lowest BCUT2D eigenvalue weighted by Gasteiger charge is -2.20. The highest BCUT2D eigenvalue weighted by molar-refractivity contribution is 5.80. The molecule has 5 heteroatoms. The Kier molecular flexibility index (Phi) is 4.84. The minimum atomic E-state index is -1.05. The molecular weight excluding hydrogens is 198 g/mol. The molecule has 86 valence electrons. The van der Waals surface area contributed by atoms with Gasteiger partial charge in [0.15, 0.2) is 0 Å². The van der Waals surface area contributed by atoms with Gasteiger partial charge in [0.25, 0.3) is 0 Å². The van der Waals surface area contributed by atoms with Crippen molar-refractivity contribution in [3.8, 4) is 0 Å². The van der Waals surface area contributed by atoms with Crippen LogP contribution >= 0.6 is 0 Å². The summed E-state index contributed by atoms with van der Waals surface area (Å²) in [7, 11) is 0. The minimum Gasteiger partial charge on any atom is -0.478 e. The number of nitrogens with one attached hydrogen (secondary N) is 1. The highest BCUT2D eigenvalue weighted by Crippen LogP contribution is 2.06. The van der Waals surface area contributed by atoms with Gasteiger partial charge in [-0.3, -0.25) is 0 Å². The zero-order valence-corrected chi connectivity index (χ0v) is 9.40. The second-order valence-electron chi connectivity index (χ2n) is 4.13. The van der Waals surface area contributed by atoms with Gasteiger partial charge in [-0.2, -0.15) is 0 Å². The van der Waals surface area contributed by atoms with Gasteiger partial charge in [0.1, 0.15) is 5.60 Å². The number of aliphatic carboxylic acids is 1. The number of hydrogen-bond donors (Lipinski definition) is 2. The SMILES string of the molecule is C[C@H](/C=C/C(=O)O)NC(=O)OC(C)(C)C. The van der Waals surface area contributed by atoms with Crippen molar-refractivity contribution in [3.63, 3.8) is 0 Å². The fourth-order valence-electron chi connectivity index (χ4n) is 0.768. The summed E-state index contributed by atoms with van der Waals surface area (Å²) in [6, 6.07) is -0.379. The molecule has 1 atom stereocenters. The highest BCUT2D eigenvalue weighted by atomic mass is 16.6. The van der Waals surface area contributed by atoms with E-state index in [1.165, 1.54) is 6.08 Å². The molecule has 0 rings (SSSR count). The average molecular weight is 215 g/mol. The molecule has 1 amide bonds. The van der Waals surface area contributed by atoms with Gasteiger partial charge in [0, 0.05) is 12.1 Å². The Morgan fingerprint density at radius 1 is 1.40 bits per heavy atom. The summed E-state index contributed by atoms with van der Waals surface area (Å²) >= 11 is 0. The Morgan fingerprint density at radius 3 is 2.33 bits per heavy atom. The van der Waals surface area contributed by atoms with Gasteiger partial charge in [-0.25, -0.2) is 9.59 Å². The van der Waals surface area contributed by atoms with Crippen LogP contribution in [0.2, 0.25) is 0 Å². The van der Waals surface area contributed by atoms with Crippen LogP contribution in [0.15, 0.2) is 12.2 Å². The molecule has 0 radical (unpaired) electrons. The van der Waals surface area contributed by atoms with E-state index in [9.17, 15) is 9.59 Å². The molecule has 0 bridgehead atoms. The first-order valence-corrected chi connectivity index (χ1v) is 4.61. The zero-order chi connectivity index (χ0) is 12.1. The predicted molar refractivity (Wildman–Crippen MR) is 55.6 cm³/mol. The van der Waals surface area contributed by atoms with E-state index < -0.39 is 17.7 Å². The molecule has 0 saturated carbocycles. The molecule has 0 spiro atoms. The zero-order valence-electron chi connectivity index (χ0n) is 9.40. The molecule has 0 aliphatic rings. The molecule has 15 heavy (non-hydrogen) atoms. The van der Waals surface area contributed by atoms with Crippen molar-refractivity contribution >= 4 is 12.1 Å². The van der Waals surface area contributed by atoms with Crippen molar-refractivity contribution in [2.75, 3.05) is 0 Å². The summed E-state index contributed by atoms with van der Waals surface area (Å²) in [4.78, 5) is 21.4. The molecular formula is C10H17NO4. The van der Waals surface area contributed by atoms with Crippen LogP contribution in [0.4, 0.5) is 4.79 Å². The first-order valence-electron chi connectivity index (χ1n) is 4.61. The fraction of sp³-hybridized carbons (Fsp3) is 0.600. The Hall–Kier alpha value is -1.52. The third-order valence-corrected chi connectivity index (χ3v) is 1.27. The van der Waals surface area contributed by atoms with E-state index in [0.717, 1.165) is 6.08 Å². The van der Waals surface area contributed by atoms with Gasteiger partial charge in [-0.15, -0.1) is 0 Å². The number of carboxylic acid groups (broad SMARTS) is 1. The summed E-state index contributed by atoms with van der Waals surface area (Å²) in [5.74, 6) is -1.05. The number of hydrogen-bond acceptors (Lipinski definition) is 3. The van der Waals surface area contributed by atoms with Crippen molar-refractivity contribution in [1.29, 1.82) is 0 Å². The van der Waals surface area contributed by atoms with Crippen molar-refractivity contribution in [2.24, 2.45) is 0 Å². The maximum Gasteiger partial charge on any atom is 0.408 e. The van der Waals surface area contributed by atoms with Crippen molar-refractivity contribution in [3.05, 3.63) is 12.2 Å². The second kappa shape index (κ2) is 5.38. The van der Waals surface area contributed by atoms with Gasteiger partial charge in [0.05, 0.1) is 0 Å². The van der Waals surface area contributed by atoms with Crippen LogP contribution in [-0.2, 0) is 9.53 Å². The molecule has 0 aromatic carbocycles. The topological polar surface area (TPSA) is 75.6 Å². The largest absolute Gasteiger partial charge is 0.478 e. The summed E-state index contributed by atoms with van der Waals surface area (Å²) in [5.41, 5.74) is -0.555. The van der Waals surface area contributed by atoms with Gasteiger partial charge < -0.3 is 15.2 Å². The van der Waals surface area contributed by atoms with E-state index in [-0.39, 0.29) is 6.04 Å². The number of carbonyl (C=O) groups is 2. The molecule has 2 N–H and O–H groups in total. The number of carbonyl (C=O) groups excluding carboxylic acids is 1. The predicted octanol–water partition coefficient (Wildman–Crippen LogP) is 1.54. The molecule has 0 aliphatic carbocycles. The maximum atomic E-state index is 11.2. The smallest absolute Gasteiger partial charge is 0.408 e. The van der Waals surface area contributed by atoms with Crippen LogP contribution < -0.4 is 5.32 Å². The Morgan fingerprint density at radius 2 is 1.93 bits per heavy atom. The van der Waals surface area contributed by atoms with Crippen LogP contribution in [0.25, 0.3) is 0 Å². The van der Waals surface area contributed by atoms with Gasteiger partial charge in [-0.1, -0.05) is 6.08 Å². The molecule has 0 unspecified atom stereocenters. The lowest BCUT2D eigenvalue weighted by atomic mass is 10.2. The number of ether oxygens (including phenoxy) is 1. The maximum absolute atomic E-state index is 11.2. The van der Waals surface area contributed by atoms with Gasteiger partial charge >= 0.3 is 12.1 Å². The highest BCUT2D eigenvalue weighted by Gasteiger charge is 2.16. The molecule has 0 aromatic rings. The van der Waals surface area contributed by atoms with Gasteiger partial charge in [-0.05, 0) is 27.7 Å². The third kappa shape index (κ3) is 8.80. The van der Waals surface area contributed by atoms with E-state index in [4.69, 9.17) is 9.84 Å². The van der Waals surface area contributed by atoms with E-state index in [0.29, 0.717) is 0 Å². The average Bonchev–Trinajstić information content (AvgIpc) is 1.96. The van der Waals surface area contributed by atoms with Crippen LogP contribution in [-0.4, -0.2) is 28.8 Å².